The highest BCUT2D eigenvalue weighted by atomic mass is 16.5. The Labute approximate surface area is 126 Å². The largest absolute Gasteiger partial charge is 0.497 e. The maximum atomic E-state index is 6.05. The fourth-order valence-corrected chi connectivity index (χ4v) is 2.67. The van der Waals surface area contributed by atoms with E-state index >= 15 is 0 Å². The van der Waals surface area contributed by atoms with E-state index in [2.05, 4.69) is 23.1 Å². The van der Waals surface area contributed by atoms with Crippen LogP contribution in [0, 0.1) is 6.07 Å². The van der Waals surface area contributed by atoms with Crippen LogP contribution in [0.25, 0.3) is 0 Å². The van der Waals surface area contributed by atoms with E-state index in [0.717, 1.165) is 37.4 Å². The van der Waals surface area contributed by atoms with Crippen LogP contribution in [0.3, 0.4) is 0 Å². The maximum absolute atomic E-state index is 6.05. The summed E-state index contributed by atoms with van der Waals surface area (Å²) in [6, 6.07) is 19.0. The lowest BCUT2D eigenvalue weighted by atomic mass is 10.1. The van der Waals surface area contributed by atoms with Gasteiger partial charge in [-0.2, -0.15) is 0 Å². The number of anilines is 1. The molecule has 0 spiro atoms. The van der Waals surface area contributed by atoms with Gasteiger partial charge in [-0.1, -0.05) is 12.1 Å². The molecule has 0 aromatic heterocycles. The predicted octanol–water partition coefficient (Wildman–Crippen LogP) is 3.54. The van der Waals surface area contributed by atoms with Gasteiger partial charge in [-0.25, -0.2) is 0 Å². The molecule has 2 aromatic rings. The smallest absolute Gasteiger partial charge is 0.119 e. The Morgan fingerprint density at radius 3 is 2.19 bits per heavy atom. The molecule has 0 amide bonds. The molecule has 1 aliphatic heterocycles. The van der Waals surface area contributed by atoms with E-state index in [1.807, 2.05) is 36.4 Å². The number of ether oxygens (including phenoxy) is 2. The molecule has 3 heteroatoms. The SMILES string of the molecule is COc1ccc(OC2CCN(c3cc[c]cc3)CC2)cc1. The second kappa shape index (κ2) is 6.53. The van der Waals surface area contributed by atoms with Crippen LogP contribution in [0.4, 0.5) is 5.69 Å². The minimum atomic E-state index is 0.296. The second-order valence-electron chi connectivity index (χ2n) is 5.24. The summed E-state index contributed by atoms with van der Waals surface area (Å²) in [5, 5.41) is 0. The third-order valence-electron chi connectivity index (χ3n) is 3.87. The van der Waals surface area contributed by atoms with E-state index in [-0.39, 0.29) is 0 Å². The summed E-state index contributed by atoms with van der Waals surface area (Å²) in [5.41, 5.74) is 1.27. The molecule has 1 heterocycles. The number of methoxy groups -OCH3 is 1. The van der Waals surface area contributed by atoms with Crippen molar-refractivity contribution in [1.82, 2.24) is 0 Å². The number of nitrogens with zero attached hydrogens (tertiary/aromatic N) is 1. The zero-order chi connectivity index (χ0) is 14.5. The summed E-state index contributed by atoms with van der Waals surface area (Å²) >= 11 is 0. The predicted molar refractivity (Wildman–Crippen MR) is 84.1 cm³/mol. The molecule has 0 bridgehead atoms. The van der Waals surface area contributed by atoms with Gasteiger partial charge in [0.2, 0.25) is 0 Å². The van der Waals surface area contributed by atoms with E-state index in [1.165, 1.54) is 5.69 Å². The topological polar surface area (TPSA) is 21.7 Å². The van der Waals surface area contributed by atoms with Crippen molar-refractivity contribution in [2.75, 3.05) is 25.1 Å². The minimum absolute atomic E-state index is 0.296. The number of rotatable bonds is 4. The van der Waals surface area contributed by atoms with Crippen LogP contribution in [0.1, 0.15) is 12.8 Å². The van der Waals surface area contributed by atoms with E-state index in [0.29, 0.717) is 6.10 Å². The molecule has 1 radical (unpaired) electrons. The lowest BCUT2D eigenvalue weighted by molar-refractivity contribution is 0.171. The molecule has 2 aromatic carbocycles. The molecule has 1 aliphatic rings. The molecular weight excluding hydrogens is 262 g/mol. The Hall–Kier alpha value is -2.16. The summed E-state index contributed by atoms with van der Waals surface area (Å²) in [6.45, 7) is 2.07. The normalized spacial score (nSPS) is 15.8. The number of hydrogen-bond donors (Lipinski definition) is 0. The van der Waals surface area contributed by atoms with Crippen LogP contribution in [0.15, 0.2) is 48.5 Å². The first-order valence-corrected chi connectivity index (χ1v) is 7.37. The second-order valence-corrected chi connectivity index (χ2v) is 5.24. The number of piperidine rings is 1. The molecule has 0 N–H and O–H groups in total. The van der Waals surface area contributed by atoms with Crippen LogP contribution < -0.4 is 14.4 Å². The third-order valence-corrected chi connectivity index (χ3v) is 3.87. The van der Waals surface area contributed by atoms with Gasteiger partial charge in [0.05, 0.1) is 7.11 Å². The zero-order valence-corrected chi connectivity index (χ0v) is 12.3. The third kappa shape index (κ3) is 3.48. The van der Waals surface area contributed by atoms with Gasteiger partial charge in [0.1, 0.15) is 17.6 Å². The average Bonchev–Trinajstić information content (AvgIpc) is 2.57. The summed E-state index contributed by atoms with van der Waals surface area (Å²) in [4.78, 5) is 2.40. The molecular formula is C18H20NO2. The molecule has 1 saturated heterocycles. The standard InChI is InChI=1S/C18H20NO2/c1-20-16-7-9-17(10-8-16)21-18-11-13-19(14-12-18)15-5-3-2-4-6-15/h3-10,18H,11-14H2,1H3. The lowest BCUT2D eigenvalue weighted by Crippen LogP contribution is -2.38. The van der Waals surface area contributed by atoms with Crippen molar-refractivity contribution in [3.05, 3.63) is 54.6 Å². The van der Waals surface area contributed by atoms with Crippen LogP contribution in [-0.2, 0) is 0 Å². The van der Waals surface area contributed by atoms with Crippen molar-refractivity contribution >= 4 is 5.69 Å². The van der Waals surface area contributed by atoms with Gasteiger partial charge in [-0.05, 0) is 42.5 Å². The Morgan fingerprint density at radius 2 is 1.57 bits per heavy atom. The first-order chi connectivity index (χ1) is 10.3. The molecule has 0 aliphatic carbocycles. The van der Waals surface area contributed by atoms with Crippen LogP contribution in [0.2, 0.25) is 0 Å². The molecule has 21 heavy (non-hydrogen) atoms. The summed E-state index contributed by atoms with van der Waals surface area (Å²) in [7, 11) is 1.67. The van der Waals surface area contributed by atoms with Crippen molar-refractivity contribution in [3.8, 4) is 11.5 Å². The lowest BCUT2D eigenvalue weighted by Gasteiger charge is -2.33. The Bertz CT molecular complexity index is 545. The molecule has 0 saturated carbocycles. The van der Waals surface area contributed by atoms with Crippen LogP contribution in [0.5, 0.6) is 11.5 Å². The van der Waals surface area contributed by atoms with Crippen LogP contribution in [-0.4, -0.2) is 26.3 Å². The van der Waals surface area contributed by atoms with Crippen molar-refractivity contribution in [3.63, 3.8) is 0 Å². The molecule has 1 fully saturated rings. The van der Waals surface area contributed by atoms with Gasteiger partial charge in [0.15, 0.2) is 0 Å². The van der Waals surface area contributed by atoms with Crippen molar-refractivity contribution in [2.24, 2.45) is 0 Å². The fraction of sp³-hybridized carbons (Fsp3) is 0.333. The van der Waals surface area contributed by atoms with E-state index in [1.54, 1.807) is 7.11 Å². The molecule has 0 unspecified atom stereocenters. The van der Waals surface area contributed by atoms with Crippen molar-refractivity contribution < 1.29 is 9.47 Å². The molecule has 109 valence electrons. The van der Waals surface area contributed by atoms with Gasteiger partial charge in [-0.15, -0.1) is 0 Å². The van der Waals surface area contributed by atoms with Crippen molar-refractivity contribution in [1.29, 1.82) is 0 Å². The fourth-order valence-electron chi connectivity index (χ4n) is 2.67. The molecule has 0 atom stereocenters. The zero-order valence-electron chi connectivity index (χ0n) is 12.3. The van der Waals surface area contributed by atoms with E-state index in [9.17, 15) is 0 Å². The van der Waals surface area contributed by atoms with E-state index < -0.39 is 0 Å². The monoisotopic (exact) mass is 282 g/mol. The van der Waals surface area contributed by atoms with E-state index in [4.69, 9.17) is 9.47 Å². The molecule has 3 nitrogen and oxygen atoms in total. The summed E-state index contributed by atoms with van der Waals surface area (Å²) < 4.78 is 11.2. The minimum Gasteiger partial charge on any atom is -0.497 e. The van der Waals surface area contributed by atoms with Crippen molar-refractivity contribution in [2.45, 2.75) is 18.9 Å². The maximum Gasteiger partial charge on any atom is 0.119 e. The van der Waals surface area contributed by atoms with Crippen LogP contribution >= 0.6 is 0 Å². The first-order valence-electron chi connectivity index (χ1n) is 7.37. The Balaban J connectivity index is 1.53. The van der Waals surface area contributed by atoms with Gasteiger partial charge in [-0.3, -0.25) is 0 Å². The summed E-state index contributed by atoms with van der Waals surface area (Å²) in [5.74, 6) is 1.78. The number of benzene rings is 2. The van der Waals surface area contributed by atoms with Gasteiger partial charge in [0, 0.05) is 31.6 Å². The quantitative estimate of drug-likeness (QED) is 0.856. The highest BCUT2D eigenvalue weighted by molar-refractivity contribution is 5.46. The first kappa shape index (κ1) is 13.8. The Morgan fingerprint density at radius 1 is 0.952 bits per heavy atom. The highest BCUT2D eigenvalue weighted by Crippen LogP contribution is 2.24. The van der Waals surface area contributed by atoms with Gasteiger partial charge < -0.3 is 14.4 Å². The molecule has 3 rings (SSSR count). The Kier molecular flexibility index (Phi) is 4.29. The van der Waals surface area contributed by atoms with Gasteiger partial charge >= 0.3 is 0 Å². The number of hydrogen-bond acceptors (Lipinski definition) is 3. The van der Waals surface area contributed by atoms with Gasteiger partial charge in [0.25, 0.3) is 0 Å². The highest BCUT2D eigenvalue weighted by Gasteiger charge is 2.20. The summed E-state index contributed by atoms with van der Waals surface area (Å²) in [6.07, 6.45) is 2.39. The average molecular weight is 282 g/mol.